The summed E-state index contributed by atoms with van der Waals surface area (Å²) in [7, 11) is 0. The van der Waals surface area contributed by atoms with Gasteiger partial charge in [-0.3, -0.25) is 5.32 Å². The van der Waals surface area contributed by atoms with E-state index in [0.29, 0.717) is 6.17 Å². The highest BCUT2D eigenvalue weighted by molar-refractivity contribution is 4.81. The van der Waals surface area contributed by atoms with Crippen molar-refractivity contribution in [1.29, 1.82) is 0 Å². The summed E-state index contributed by atoms with van der Waals surface area (Å²) in [5.74, 6) is 0. The lowest BCUT2D eigenvalue weighted by molar-refractivity contribution is 0.469. The van der Waals surface area contributed by atoms with Crippen LogP contribution in [0.1, 0.15) is 19.0 Å². The molecule has 1 N–H and O–H groups in total. The van der Waals surface area contributed by atoms with Gasteiger partial charge in [-0.1, -0.05) is 0 Å². The summed E-state index contributed by atoms with van der Waals surface area (Å²) < 4.78 is 2.12. The van der Waals surface area contributed by atoms with Crippen molar-refractivity contribution in [3.8, 4) is 0 Å². The molecule has 1 atom stereocenters. The van der Waals surface area contributed by atoms with Gasteiger partial charge < -0.3 is 4.57 Å². The fourth-order valence-corrected chi connectivity index (χ4v) is 1.37. The Labute approximate surface area is 60.1 Å². The van der Waals surface area contributed by atoms with E-state index in [0.717, 1.165) is 6.54 Å². The molecule has 0 spiro atoms. The van der Waals surface area contributed by atoms with Gasteiger partial charge in [0.2, 0.25) is 0 Å². The zero-order valence-electron chi connectivity index (χ0n) is 5.83. The van der Waals surface area contributed by atoms with Crippen LogP contribution in [-0.2, 0) is 0 Å². The average molecular weight is 137 g/mol. The van der Waals surface area contributed by atoms with E-state index in [1.165, 1.54) is 12.8 Å². The van der Waals surface area contributed by atoms with Crippen LogP contribution in [0.15, 0.2) is 18.7 Å². The molecule has 2 heterocycles. The molecule has 0 aromatic carbocycles. The van der Waals surface area contributed by atoms with Crippen LogP contribution in [0.25, 0.3) is 0 Å². The van der Waals surface area contributed by atoms with Gasteiger partial charge in [-0.15, -0.1) is 0 Å². The fraction of sp³-hybridized carbons (Fsp3) is 0.571. The van der Waals surface area contributed by atoms with Crippen LogP contribution in [0.4, 0.5) is 0 Å². The lowest BCUT2D eigenvalue weighted by Crippen LogP contribution is -2.18. The van der Waals surface area contributed by atoms with Gasteiger partial charge in [0.1, 0.15) is 0 Å². The molecule has 0 bridgehead atoms. The van der Waals surface area contributed by atoms with Gasteiger partial charge in [0, 0.05) is 12.4 Å². The zero-order chi connectivity index (χ0) is 6.81. The van der Waals surface area contributed by atoms with Gasteiger partial charge in [0.05, 0.1) is 12.5 Å². The van der Waals surface area contributed by atoms with Crippen LogP contribution >= 0.6 is 0 Å². The average Bonchev–Trinajstić information content (AvgIpc) is 2.59. The summed E-state index contributed by atoms with van der Waals surface area (Å²) in [4.78, 5) is 3.99. The van der Waals surface area contributed by atoms with Gasteiger partial charge >= 0.3 is 0 Å². The first-order valence-electron chi connectivity index (χ1n) is 3.67. The summed E-state index contributed by atoms with van der Waals surface area (Å²) in [6.45, 7) is 1.14. The lowest BCUT2D eigenvalue weighted by atomic mass is 10.3. The first-order valence-corrected chi connectivity index (χ1v) is 3.67. The molecule has 2 rings (SSSR count). The molecule has 3 nitrogen and oxygen atoms in total. The van der Waals surface area contributed by atoms with Crippen molar-refractivity contribution < 1.29 is 0 Å². The molecular formula is C7H11N3. The fourth-order valence-electron chi connectivity index (χ4n) is 1.37. The Balaban J connectivity index is 2.12. The lowest BCUT2D eigenvalue weighted by Gasteiger charge is -2.09. The van der Waals surface area contributed by atoms with Crippen LogP contribution in [-0.4, -0.2) is 16.1 Å². The summed E-state index contributed by atoms with van der Waals surface area (Å²) in [5, 5.41) is 3.38. The molecule has 1 aromatic heterocycles. The van der Waals surface area contributed by atoms with Gasteiger partial charge in [-0.2, -0.15) is 0 Å². The molecule has 10 heavy (non-hydrogen) atoms. The zero-order valence-corrected chi connectivity index (χ0v) is 5.83. The third-order valence-corrected chi connectivity index (χ3v) is 1.92. The third-order valence-electron chi connectivity index (χ3n) is 1.92. The molecule has 0 radical (unpaired) electrons. The Kier molecular flexibility index (Phi) is 1.43. The van der Waals surface area contributed by atoms with Crippen LogP contribution in [0.5, 0.6) is 0 Å². The van der Waals surface area contributed by atoms with Crippen LogP contribution in [0.2, 0.25) is 0 Å². The van der Waals surface area contributed by atoms with E-state index in [-0.39, 0.29) is 0 Å². The molecule has 0 aliphatic carbocycles. The minimum Gasteiger partial charge on any atom is -0.321 e. The highest BCUT2D eigenvalue weighted by Gasteiger charge is 2.13. The molecule has 0 amide bonds. The molecule has 54 valence electrons. The summed E-state index contributed by atoms with van der Waals surface area (Å²) >= 11 is 0. The van der Waals surface area contributed by atoms with Gasteiger partial charge in [-0.05, 0) is 19.4 Å². The van der Waals surface area contributed by atoms with Crippen LogP contribution in [0, 0.1) is 0 Å². The Morgan fingerprint density at radius 1 is 1.60 bits per heavy atom. The van der Waals surface area contributed by atoms with Crippen molar-refractivity contribution >= 4 is 0 Å². The highest BCUT2D eigenvalue weighted by atomic mass is 15.2. The van der Waals surface area contributed by atoms with Crippen molar-refractivity contribution in [2.24, 2.45) is 0 Å². The number of aromatic nitrogens is 2. The van der Waals surface area contributed by atoms with Crippen molar-refractivity contribution in [3.63, 3.8) is 0 Å². The number of imidazole rings is 1. The van der Waals surface area contributed by atoms with Crippen molar-refractivity contribution in [2.45, 2.75) is 19.0 Å². The number of nitrogens with zero attached hydrogens (tertiary/aromatic N) is 2. The standard InChI is InChI=1S/C7H11N3/c1-2-7(9-3-1)10-5-4-8-6-10/h4-7,9H,1-3H2/t7-/m1/s1. The molecule has 0 saturated carbocycles. The summed E-state index contributed by atoms with van der Waals surface area (Å²) in [5.41, 5.74) is 0. The highest BCUT2D eigenvalue weighted by Crippen LogP contribution is 2.14. The predicted octanol–water partition coefficient (Wildman–Crippen LogP) is 0.765. The maximum atomic E-state index is 3.99. The summed E-state index contributed by atoms with van der Waals surface area (Å²) in [6.07, 6.45) is 8.70. The molecule has 0 unspecified atom stereocenters. The van der Waals surface area contributed by atoms with E-state index in [1.54, 1.807) is 0 Å². The molecule has 1 fully saturated rings. The number of hydrogen-bond donors (Lipinski definition) is 1. The summed E-state index contributed by atoms with van der Waals surface area (Å²) in [6, 6.07) is 0. The molecule has 1 saturated heterocycles. The van der Waals surface area contributed by atoms with E-state index in [4.69, 9.17) is 0 Å². The maximum Gasteiger partial charge on any atom is 0.0959 e. The smallest absolute Gasteiger partial charge is 0.0959 e. The first kappa shape index (κ1) is 5.92. The molecule has 3 heteroatoms. The van der Waals surface area contributed by atoms with Gasteiger partial charge in [0.25, 0.3) is 0 Å². The maximum absolute atomic E-state index is 3.99. The van der Waals surface area contributed by atoms with E-state index in [1.807, 2.05) is 18.7 Å². The van der Waals surface area contributed by atoms with Crippen LogP contribution < -0.4 is 5.32 Å². The second kappa shape index (κ2) is 2.42. The number of hydrogen-bond acceptors (Lipinski definition) is 2. The normalized spacial score (nSPS) is 25.4. The SMILES string of the molecule is c1cn([C@@H]2CCCN2)cn1. The van der Waals surface area contributed by atoms with Crippen molar-refractivity contribution in [2.75, 3.05) is 6.54 Å². The molecule has 1 aliphatic heterocycles. The second-order valence-electron chi connectivity index (χ2n) is 2.62. The van der Waals surface area contributed by atoms with E-state index < -0.39 is 0 Å². The van der Waals surface area contributed by atoms with Gasteiger partial charge in [-0.25, -0.2) is 4.98 Å². The Bertz CT molecular complexity index is 187. The van der Waals surface area contributed by atoms with Gasteiger partial charge in [0.15, 0.2) is 0 Å². The molecular weight excluding hydrogens is 126 g/mol. The van der Waals surface area contributed by atoms with Crippen molar-refractivity contribution in [1.82, 2.24) is 14.9 Å². The van der Waals surface area contributed by atoms with E-state index in [2.05, 4.69) is 14.9 Å². The van der Waals surface area contributed by atoms with E-state index in [9.17, 15) is 0 Å². The first-order chi connectivity index (χ1) is 4.97. The minimum atomic E-state index is 0.502. The molecule has 1 aromatic rings. The largest absolute Gasteiger partial charge is 0.321 e. The third kappa shape index (κ3) is 0.926. The number of nitrogens with one attached hydrogen (secondary N) is 1. The van der Waals surface area contributed by atoms with Crippen LogP contribution in [0.3, 0.4) is 0 Å². The predicted molar refractivity (Wildman–Crippen MR) is 38.5 cm³/mol. The minimum absolute atomic E-state index is 0.502. The monoisotopic (exact) mass is 137 g/mol. The molecule has 1 aliphatic rings. The Morgan fingerprint density at radius 2 is 2.60 bits per heavy atom. The van der Waals surface area contributed by atoms with E-state index >= 15 is 0 Å². The Morgan fingerprint density at radius 3 is 3.20 bits per heavy atom. The quantitative estimate of drug-likeness (QED) is 0.619. The topological polar surface area (TPSA) is 29.9 Å². The van der Waals surface area contributed by atoms with Crippen molar-refractivity contribution in [3.05, 3.63) is 18.7 Å². The second-order valence-corrected chi connectivity index (χ2v) is 2.62. The number of rotatable bonds is 1. The Hall–Kier alpha value is -0.830.